The molecule has 0 aliphatic carbocycles. The normalized spacial score (nSPS) is 12.0. The summed E-state index contributed by atoms with van der Waals surface area (Å²) in [7, 11) is 0. The van der Waals surface area contributed by atoms with Gasteiger partial charge in [0, 0.05) is 27.0 Å². The van der Waals surface area contributed by atoms with E-state index in [1.54, 1.807) is 11.3 Å². The molecule has 2 aromatic rings. The lowest BCUT2D eigenvalue weighted by atomic mass is 10.1. The van der Waals surface area contributed by atoms with Crippen molar-refractivity contribution in [3.63, 3.8) is 0 Å². The first-order valence-electron chi connectivity index (χ1n) is 6.94. The summed E-state index contributed by atoms with van der Waals surface area (Å²) in [5, 5.41) is 8.36. The third-order valence-corrected chi connectivity index (χ3v) is 4.97. The van der Waals surface area contributed by atoms with Gasteiger partial charge in [0.1, 0.15) is 0 Å². The van der Waals surface area contributed by atoms with Crippen molar-refractivity contribution in [3.05, 3.63) is 50.6 Å². The summed E-state index contributed by atoms with van der Waals surface area (Å²) >= 11 is 5.21. The van der Waals surface area contributed by atoms with E-state index in [9.17, 15) is 4.79 Å². The van der Waals surface area contributed by atoms with Gasteiger partial charge in [-0.3, -0.25) is 4.79 Å². The van der Waals surface area contributed by atoms with E-state index in [0.29, 0.717) is 13.0 Å². The van der Waals surface area contributed by atoms with Crippen molar-refractivity contribution in [1.29, 1.82) is 0 Å². The number of nitrogens with one attached hydrogen (secondary N) is 2. The molecule has 1 amide bonds. The Bertz CT molecular complexity index is 595. The second-order valence-electron chi connectivity index (χ2n) is 4.86. The van der Waals surface area contributed by atoms with Crippen molar-refractivity contribution in [1.82, 2.24) is 5.32 Å². The summed E-state index contributed by atoms with van der Waals surface area (Å²) in [6.07, 6.45) is 0.432. The van der Waals surface area contributed by atoms with E-state index >= 15 is 0 Å². The van der Waals surface area contributed by atoms with Crippen molar-refractivity contribution >= 4 is 38.9 Å². The van der Waals surface area contributed by atoms with E-state index < -0.39 is 0 Å². The minimum absolute atomic E-state index is 0.0648. The Labute approximate surface area is 137 Å². The fourth-order valence-corrected chi connectivity index (χ4v) is 3.49. The van der Waals surface area contributed by atoms with E-state index in [1.807, 2.05) is 31.2 Å². The molecular formula is C16H19BrN2OS. The average molecular weight is 367 g/mol. The number of carbonyl (C=O) groups excluding carboxylic acids is 1. The van der Waals surface area contributed by atoms with Crippen LogP contribution in [0.4, 0.5) is 5.69 Å². The van der Waals surface area contributed by atoms with Crippen LogP contribution < -0.4 is 10.6 Å². The molecule has 1 atom stereocenters. The summed E-state index contributed by atoms with van der Waals surface area (Å²) in [4.78, 5) is 12.8. The minimum atomic E-state index is 0.0648. The number of likely N-dealkylation sites (N-methyl/N-ethyl adjacent to an activating group) is 1. The van der Waals surface area contributed by atoms with Crippen molar-refractivity contribution in [3.8, 4) is 0 Å². The molecule has 0 fully saturated rings. The van der Waals surface area contributed by atoms with Gasteiger partial charge in [0.2, 0.25) is 5.91 Å². The topological polar surface area (TPSA) is 41.1 Å². The SMILES string of the molecule is CCNC(=O)Cc1ccc(NC(C)c2cc(Br)cs2)cc1. The molecule has 0 bridgehead atoms. The summed E-state index contributed by atoms with van der Waals surface area (Å²) in [5.41, 5.74) is 2.09. The number of benzene rings is 1. The quantitative estimate of drug-likeness (QED) is 0.797. The maximum absolute atomic E-state index is 11.5. The second-order valence-corrected chi connectivity index (χ2v) is 6.72. The van der Waals surface area contributed by atoms with Crippen LogP contribution in [0.1, 0.15) is 30.3 Å². The number of amides is 1. The Morgan fingerprint density at radius 2 is 2.05 bits per heavy atom. The Morgan fingerprint density at radius 3 is 2.62 bits per heavy atom. The predicted molar refractivity (Wildman–Crippen MR) is 92.9 cm³/mol. The molecule has 0 saturated carbocycles. The number of halogens is 1. The first-order valence-corrected chi connectivity index (χ1v) is 8.62. The monoisotopic (exact) mass is 366 g/mol. The van der Waals surface area contributed by atoms with Crippen molar-refractivity contribution < 1.29 is 4.79 Å². The van der Waals surface area contributed by atoms with Crippen LogP contribution in [0.25, 0.3) is 0 Å². The van der Waals surface area contributed by atoms with Crippen LogP contribution in [0.15, 0.2) is 40.2 Å². The predicted octanol–water partition coefficient (Wildman–Crippen LogP) is 4.36. The van der Waals surface area contributed by atoms with Crippen LogP contribution in [-0.4, -0.2) is 12.5 Å². The number of carbonyl (C=O) groups is 1. The fraction of sp³-hybridized carbons (Fsp3) is 0.312. The Balaban J connectivity index is 1.94. The van der Waals surface area contributed by atoms with Crippen LogP contribution in [-0.2, 0) is 11.2 Å². The van der Waals surface area contributed by atoms with Gasteiger partial charge in [-0.2, -0.15) is 0 Å². The van der Waals surface area contributed by atoms with Gasteiger partial charge in [0.25, 0.3) is 0 Å². The minimum Gasteiger partial charge on any atom is -0.378 e. The molecule has 112 valence electrons. The number of thiophene rings is 1. The fourth-order valence-electron chi connectivity index (χ4n) is 2.04. The molecule has 0 aliphatic rings. The summed E-state index contributed by atoms with van der Waals surface area (Å²) in [6.45, 7) is 4.74. The van der Waals surface area contributed by atoms with E-state index in [-0.39, 0.29) is 11.9 Å². The molecule has 2 N–H and O–H groups in total. The largest absolute Gasteiger partial charge is 0.378 e. The standard InChI is InChI=1S/C16H19BrN2OS/c1-3-18-16(20)8-12-4-6-14(7-5-12)19-11(2)15-9-13(17)10-21-15/h4-7,9-11,19H,3,8H2,1-2H3,(H,18,20). The van der Waals surface area contributed by atoms with Crippen molar-refractivity contribution in [2.24, 2.45) is 0 Å². The Kier molecular flexibility index (Phi) is 5.82. The maximum Gasteiger partial charge on any atom is 0.224 e. The average Bonchev–Trinajstić information content (AvgIpc) is 2.88. The number of rotatable bonds is 6. The molecule has 2 rings (SSSR count). The number of anilines is 1. The van der Waals surface area contributed by atoms with E-state index in [0.717, 1.165) is 15.7 Å². The van der Waals surface area contributed by atoms with Gasteiger partial charge in [-0.15, -0.1) is 11.3 Å². The lowest BCUT2D eigenvalue weighted by Gasteiger charge is -2.14. The number of hydrogen-bond donors (Lipinski definition) is 2. The van der Waals surface area contributed by atoms with E-state index in [4.69, 9.17) is 0 Å². The smallest absolute Gasteiger partial charge is 0.224 e. The molecule has 1 aromatic heterocycles. The van der Waals surface area contributed by atoms with Crippen LogP contribution in [0.2, 0.25) is 0 Å². The van der Waals surface area contributed by atoms with Crippen LogP contribution in [0.5, 0.6) is 0 Å². The lowest BCUT2D eigenvalue weighted by molar-refractivity contribution is -0.120. The maximum atomic E-state index is 11.5. The van der Waals surface area contributed by atoms with Gasteiger partial charge in [-0.25, -0.2) is 0 Å². The van der Waals surface area contributed by atoms with Gasteiger partial charge in [0.15, 0.2) is 0 Å². The van der Waals surface area contributed by atoms with E-state index in [2.05, 4.69) is 44.9 Å². The van der Waals surface area contributed by atoms with Crippen LogP contribution >= 0.6 is 27.3 Å². The zero-order valence-corrected chi connectivity index (χ0v) is 14.6. The van der Waals surface area contributed by atoms with Gasteiger partial charge in [0.05, 0.1) is 12.5 Å². The van der Waals surface area contributed by atoms with Gasteiger partial charge >= 0.3 is 0 Å². The zero-order valence-electron chi connectivity index (χ0n) is 12.2. The molecular weight excluding hydrogens is 348 g/mol. The van der Waals surface area contributed by atoms with E-state index in [1.165, 1.54) is 4.88 Å². The second kappa shape index (κ2) is 7.61. The first kappa shape index (κ1) is 16.0. The molecule has 3 nitrogen and oxygen atoms in total. The summed E-state index contributed by atoms with van der Waals surface area (Å²) < 4.78 is 1.12. The van der Waals surface area contributed by atoms with Crippen molar-refractivity contribution in [2.75, 3.05) is 11.9 Å². The molecule has 0 spiro atoms. The van der Waals surface area contributed by atoms with Gasteiger partial charge in [-0.1, -0.05) is 12.1 Å². The number of hydrogen-bond acceptors (Lipinski definition) is 3. The van der Waals surface area contributed by atoms with Crippen LogP contribution in [0.3, 0.4) is 0 Å². The Hall–Kier alpha value is -1.33. The molecule has 0 radical (unpaired) electrons. The van der Waals surface area contributed by atoms with Crippen LogP contribution in [0, 0.1) is 0 Å². The van der Waals surface area contributed by atoms with Crippen molar-refractivity contribution in [2.45, 2.75) is 26.3 Å². The van der Waals surface area contributed by atoms with Gasteiger partial charge < -0.3 is 10.6 Å². The molecule has 1 aromatic carbocycles. The molecule has 0 saturated heterocycles. The third-order valence-electron chi connectivity index (χ3n) is 3.09. The zero-order chi connectivity index (χ0) is 15.2. The molecule has 1 unspecified atom stereocenters. The Morgan fingerprint density at radius 1 is 1.33 bits per heavy atom. The summed E-state index contributed by atoms with van der Waals surface area (Å²) in [5.74, 6) is 0.0648. The third kappa shape index (κ3) is 4.86. The highest BCUT2D eigenvalue weighted by Gasteiger charge is 2.08. The molecule has 21 heavy (non-hydrogen) atoms. The van der Waals surface area contributed by atoms with Gasteiger partial charge in [-0.05, 0) is 53.5 Å². The first-order chi connectivity index (χ1) is 10.1. The highest BCUT2D eigenvalue weighted by atomic mass is 79.9. The lowest BCUT2D eigenvalue weighted by Crippen LogP contribution is -2.24. The summed E-state index contributed by atoms with van der Waals surface area (Å²) in [6, 6.07) is 10.4. The molecule has 5 heteroatoms. The molecule has 0 aliphatic heterocycles. The highest BCUT2D eigenvalue weighted by molar-refractivity contribution is 9.10. The highest BCUT2D eigenvalue weighted by Crippen LogP contribution is 2.27. The molecule has 1 heterocycles.